The van der Waals surface area contributed by atoms with E-state index in [0.29, 0.717) is 0 Å². The van der Waals surface area contributed by atoms with Gasteiger partial charge in [-0.25, -0.2) is 0 Å². The Balaban J connectivity index is 1.92. The molecule has 1 unspecified atom stereocenters. The normalized spacial score (nSPS) is 22.4. The third kappa shape index (κ3) is 2.62. The molecule has 1 atom stereocenters. The average Bonchev–Trinajstić information content (AvgIpc) is 2.60. The molecule has 1 aliphatic heterocycles. The van der Waals surface area contributed by atoms with Crippen LogP contribution in [0.3, 0.4) is 0 Å². The number of ether oxygens (including phenoxy) is 1. The Kier molecular flexibility index (Phi) is 3.59. The molecule has 0 amide bonds. The molecule has 0 bridgehead atoms. The van der Waals surface area contributed by atoms with Gasteiger partial charge in [-0.2, -0.15) is 0 Å². The smallest absolute Gasteiger partial charge is 0.129 e. The Labute approximate surface area is 121 Å². The van der Waals surface area contributed by atoms with E-state index in [0.717, 1.165) is 30.6 Å². The molecule has 2 nitrogen and oxygen atoms in total. The van der Waals surface area contributed by atoms with Crippen molar-refractivity contribution in [1.29, 1.82) is 0 Å². The molecule has 2 heteroatoms. The zero-order valence-electron chi connectivity index (χ0n) is 12.5. The maximum atomic E-state index is 10.8. The number of aliphatic hydroxyl groups is 1. The van der Waals surface area contributed by atoms with Crippen molar-refractivity contribution in [2.75, 3.05) is 0 Å². The SMILES string of the molecule is CC1(C)Cc2cccc(C(O)C3=CCCCCC3)c2O1. The molecule has 1 aromatic rings. The lowest BCUT2D eigenvalue weighted by molar-refractivity contribution is 0.130. The molecule has 0 saturated heterocycles. The first-order chi connectivity index (χ1) is 9.57. The van der Waals surface area contributed by atoms with Crippen LogP contribution in [0.5, 0.6) is 5.75 Å². The van der Waals surface area contributed by atoms with Gasteiger partial charge < -0.3 is 9.84 Å². The van der Waals surface area contributed by atoms with Crippen LogP contribution < -0.4 is 4.74 Å². The minimum Gasteiger partial charge on any atom is -0.487 e. The molecule has 3 rings (SSSR count). The van der Waals surface area contributed by atoms with E-state index in [9.17, 15) is 5.11 Å². The number of aliphatic hydroxyl groups excluding tert-OH is 1. The second-order valence-electron chi connectivity index (χ2n) is 6.65. The lowest BCUT2D eigenvalue weighted by Gasteiger charge is -2.21. The third-order valence-corrected chi connectivity index (χ3v) is 4.34. The highest BCUT2D eigenvalue weighted by molar-refractivity contribution is 5.48. The molecular formula is C18H24O2. The van der Waals surface area contributed by atoms with Crippen molar-refractivity contribution in [3.63, 3.8) is 0 Å². The summed E-state index contributed by atoms with van der Waals surface area (Å²) in [7, 11) is 0. The summed E-state index contributed by atoms with van der Waals surface area (Å²) in [6.07, 6.45) is 8.44. The second kappa shape index (κ2) is 5.25. The van der Waals surface area contributed by atoms with Crippen LogP contribution in [0.15, 0.2) is 29.8 Å². The summed E-state index contributed by atoms with van der Waals surface area (Å²) in [5.74, 6) is 0.912. The lowest BCUT2D eigenvalue weighted by atomic mass is 9.94. The van der Waals surface area contributed by atoms with Crippen molar-refractivity contribution in [3.05, 3.63) is 41.0 Å². The summed E-state index contributed by atoms with van der Waals surface area (Å²) in [5.41, 5.74) is 3.18. The van der Waals surface area contributed by atoms with Crippen LogP contribution in [-0.2, 0) is 6.42 Å². The number of fused-ring (bicyclic) bond motifs is 1. The fourth-order valence-corrected chi connectivity index (χ4v) is 3.34. The van der Waals surface area contributed by atoms with Crippen molar-refractivity contribution in [2.45, 2.75) is 64.1 Å². The van der Waals surface area contributed by atoms with E-state index in [2.05, 4.69) is 26.0 Å². The Morgan fingerprint density at radius 2 is 2.05 bits per heavy atom. The summed E-state index contributed by atoms with van der Waals surface area (Å²) in [4.78, 5) is 0. The average molecular weight is 272 g/mol. The lowest BCUT2D eigenvalue weighted by Crippen LogP contribution is -2.25. The Bertz CT molecular complexity index is 528. The van der Waals surface area contributed by atoms with Gasteiger partial charge in [0.25, 0.3) is 0 Å². The third-order valence-electron chi connectivity index (χ3n) is 4.34. The van der Waals surface area contributed by atoms with E-state index < -0.39 is 6.10 Å². The van der Waals surface area contributed by atoms with Crippen LogP contribution in [0.1, 0.15) is 63.2 Å². The summed E-state index contributed by atoms with van der Waals surface area (Å²) in [5, 5.41) is 10.8. The number of allylic oxidation sites excluding steroid dienone is 1. The zero-order valence-corrected chi connectivity index (χ0v) is 12.5. The topological polar surface area (TPSA) is 29.5 Å². The van der Waals surface area contributed by atoms with Gasteiger partial charge in [-0.1, -0.05) is 30.7 Å². The first kappa shape index (κ1) is 13.7. The van der Waals surface area contributed by atoms with Crippen LogP contribution >= 0.6 is 0 Å². The first-order valence-corrected chi connectivity index (χ1v) is 7.75. The molecule has 0 fully saturated rings. The molecule has 1 aliphatic carbocycles. The highest BCUT2D eigenvalue weighted by Crippen LogP contribution is 2.42. The highest BCUT2D eigenvalue weighted by atomic mass is 16.5. The van der Waals surface area contributed by atoms with E-state index in [1.54, 1.807) is 0 Å². The van der Waals surface area contributed by atoms with Gasteiger partial charge in [0, 0.05) is 12.0 Å². The van der Waals surface area contributed by atoms with Crippen molar-refractivity contribution in [1.82, 2.24) is 0 Å². The van der Waals surface area contributed by atoms with Crippen LogP contribution in [0, 0.1) is 0 Å². The van der Waals surface area contributed by atoms with Gasteiger partial charge in [-0.05, 0) is 50.7 Å². The number of para-hydroxylation sites is 1. The first-order valence-electron chi connectivity index (χ1n) is 7.75. The van der Waals surface area contributed by atoms with Gasteiger partial charge in [0.2, 0.25) is 0 Å². The molecule has 2 aliphatic rings. The van der Waals surface area contributed by atoms with Crippen molar-refractivity contribution in [2.24, 2.45) is 0 Å². The van der Waals surface area contributed by atoms with Crippen molar-refractivity contribution >= 4 is 0 Å². The Morgan fingerprint density at radius 1 is 1.20 bits per heavy atom. The van der Waals surface area contributed by atoms with Crippen LogP contribution in [-0.4, -0.2) is 10.7 Å². The fraction of sp³-hybridized carbons (Fsp3) is 0.556. The van der Waals surface area contributed by atoms with Gasteiger partial charge in [-0.15, -0.1) is 0 Å². The molecule has 1 N–H and O–H groups in total. The molecule has 1 heterocycles. The standard InChI is InChI=1S/C18H24O2/c1-18(2)12-14-10-7-11-15(17(14)20-18)16(19)13-8-5-3-4-6-9-13/h7-8,10-11,16,19H,3-6,9,12H2,1-2H3. The van der Waals surface area contributed by atoms with Crippen LogP contribution in [0.2, 0.25) is 0 Å². The number of hydrogen-bond acceptors (Lipinski definition) is 2. The minimum absolute atomic E-state index is 0.157. The number of hydrogen-bond donors (Lipinski definition) is 1. The maximum absolute atomic E-state index is 10.8. The van der Waals surface area contributed by atoms with Crippen molar-refractivity contribution in [3.8, 4) is 5.75 Å². The second-order valence-corrected chi connectivity index (χ2v) is 6.65. The maximum Gasteiger partial charge on any atom is 0.129 e. The summed E-state index contributed by atoms with van der Waals surface area (Å²) < 4.78 is 6.08. The van der Waals surface area contributed by atoms with Crippen LogP contribution in [0.4, 0.5) is 0 Å². The molecule has 0 saturated carbocycles. The van der Waals surface area contributed by atoms with Gasteiger partial charge >= 0.3 is 0 Å². The van der Waals surface area contributed by atoms with Gasteiger partial charge in [0.05, 0.1) is 0 Å². The molecule has 0 aromatic heterocycles. The van der Waals surface area contributed by atoms with E-state index >= 15 is 0 Å². The number of benzene rings is 1. The molecule has 0 radical (unpaired) electrons. The van der Waals surface area contributed by atoms with E-state index in [1.165, 1.54) is 30.4 Å². The Hall–Kier alpha value is -1.28. The summed E-state index contributed by atoms with van der Waals surface area (Å²) >= 11 is 0. The van der Waals surface area contributed by atoms with Gasteiger partial charge in [0.15, 0.2) is 0 Å². The molecular weight excluding hydrogens is 248 g/mol. The minimum atomic E-state index is -0.503. The monoisotopic (exact) mass is 272 g/mol. The molecule has 1 aromatic carbocycles. The predicted octanol–water partition coefficient (Wildman–Crippen LogP) is 4.32. The van der Waals surface area contributed by atoms with Crippen LogP contribution in [0.25, 0.3) is 0 Å². The van der Waals surface area contributed by atoms with E-state index in [1.807, 2.05) is 12.1 Å². The Morgan fingerprint density at radius 3 is 2.90 bits per heavy atom. The summed E-state index contributed by atoms with van der Waals surface area (Å²) in [6, 6.07) is 6.16. The fourth-order valence-electron chi connectivity index (χ4n) is 3.34. The molecule has 108 valence electrons. The zero-order chi connectivity index (χ0) is 14.2. The predicted molar refractivity (Wildman–Crippen MR) is 81.0 cm³/mol. The van der Waals surface area contributed by atoms with Crippen molar-refractivity contribution < 1.29 is 9.84 Å². The quantitative estimate of drug-likeness (QED) is 0.812. The highest BCUT2D eigenvalue weighted by Gasteiger charge is 2.33. The summed E-state index contributed by atoms with van der Waals surface area (Å²) in [6.45, 7) is 4.21. The van der Waals surface area contributed by atoms with E-state index in [4.69, 9.17) is 4.74 Å². The molecule has 0 spiro atoms. The van der Waals surface area contributed by atoms with E-state index in [-0.39, 0.29) is 5.60 Å². The largest absolute Gasteiger partial charge is 0.487 e. The molecule has 20 heavy (non-hydrogen) atoms. The van der Waals surface area contributed by atoms with Gasteiger partial charge in [-0.3, -0.25) is 0 Å². The van der Waals surface area contributed by atoms with Gasteiger partial charge in [0.1, 0.15) is 17.5 Å². The number of rotatable bonds is 2.